The molecule has 0 bridgehead atoms. The second-order valence-electron chi connectivity index (χ2n) is 8.12. The van der Waals surface area contributed by atoms with Crippen molar-refractivity contribution in [3.63, 3.8) is 0 Å². The van der Waals surface area contributed by atoms with E-state index in [4.69, 9.17) is 9.72 Å². The first-order valence-electron chi connectivity index (χ1n) is 10.6. The number of hydrogen-bond donors (Lipinski definition) is 1. The van der Waals surface area contributed by atoms with E-state index in [1.165, 1.54) is 11.6 Å². The van der Waals surface area contributed by atoms with E-state index in [0.717, 1.165) is 40.2 Å². The van der Waals surface area contributed by atoms with Crippen molar-refractivity contribution in [2.24, 2.45) is 0 Å². The number of nitro groups is 1. The number of ether oxygens (including phenoxy) is 1. The minimum Gasteiger partial charge on any atom is -0.500 e. The van der Waals surface area contributed by atoms with E-state index in [9.17, 15) is 15.2 Å². The standard InChI is InChI=1S/C25H23N3O4/c1-3-32-22-13-16(12-21(25(22)29)28(30)31)24-19-14-27(2)11-10-18(19)23-17-7-5-4-6-15(17)8-9-20(23)26-24/h4-9,12-13,29H,3,10-11,14H2,1-2H3. The summed E-state index contributed by atoms with van der Waals surface area (Å²) in [6.45, 7) is 3.67. The van der Waals surface area contributed by atoms with E-state index in [1.807, 2.05) is 18.2 Å². The van der Waals surface area contributed by atoms with E-state index in [0.29, 0.717) is 17.8 Å². The van der Waals surface area contributed by atoms with Crippen LogP contribution in [0.3, 0.4) is 0 Å². The highest BCUT2D eigenvalue weighted by Gasteiger charge is 2.26. The summed E-state index contributed by atoms with van der Waals surface area (Å²) in [5.41, 5.74) is 4.02. The topological polar surface area (TPSA) is 88.7 Å². The number of pyridine rings is 1. The van der Waals surface area contributed by atoms with Gasteiger partial charge in [0.2, 0.25) is 5.75 Å². The number of nitrogens with zero attached hydrogens (tertiary/aromatic N) is 3. The zero-order valence-electron chi connectivity index (χ0n) is 18.0. The van der Waals surface area contributed by atoms with Gasteiger partial charge in [0.25, 0.3) is 0 Å². The molecule has 0 amide bonds. The van der Waals surface area contributed by atoms with Crippen molar-refractivity contribution >= 4 is 27.4 Å². The smallest absolute Gasteiger partial charge is 0.315 e. The highest BCUT2D eigenvalue weighted by Crippen LogP contribution is 2.43. The lowest BCUT2D eigenvalue weighted by molar-refractivity contribution is -0.385. The van der Waals surface area contributed by atoms with Crippen molar-refractivity contribution in [2.45, 2.75) is 19.9 Å². The molecule has 162 valence electrons. The van der Waals surface area contributed by atoms with Gasteiger partial charge in [-0.15, -0.1) is 0 Å². The van der Waals surface area contributed by atoms with Crippen molar-refractivity contribution in [3.8, 4) is 22.8 Å². The number of benzene rings is 3. The summed E-state index contributed by atoms with van der Waals surface area (Å²) in [6.07, 6.45) is 0.865. The molecule has 1 aromatic heterocycles. The molecule has 1 aliphatic rings. The quantitative estimate of drug-likeness (QED) is 0.277. The summed E-state index contributed by atoms with van der Waals surface area (Å²) in [5.74, 6) is -0.367. The molecule has 0 aliphatic carbocycles. The lowest BCUT2D eigenvalue weighted by Crippen LogP contribution is -2.27. The third kappa shape index (κ3) is 3.22. The van der Waals surface area contributed by atoms with Crippen LogP contribution in [-0.4, -0.2) is 40.1 Å². The molecule has 0 atom stereocenters. The van der Waals surface area contributed by atoms with E-state index >= 15 is 0 Å². The zero-order chi connectivity index (χ0) is 22.4. The van der Waals surface area contributed by atoms with Crippen LogP contribution in [0.1, 0.15) is 18.1 Å². The number of phenolic OH excluding ortho intramolecular Hbond substituents is 1. The Morgan fingerprint density at radius 1 is 1.19 bits per heavy atom. The molecule has 0 spiro atoms. The number of phenols is 1. The molecule has 32 heavy (non-hydrogen) atoms. The van der Waals surface area contributed by atoms with Gasteiger partial charge in [-0.1, -0.05) is 30.3 Å². The molecular weight excluding hydrogens is 406 g/mol. The molecular formula is C25H23N3O4. The van der Waals surface area contributed by atoms with Gasteiger partial charge in [0.1, 0.15) is 0 Å². The molecule has 0 unspecified atom stereocenters. The molecule has 3 aromatic carbocycles. The van der Waals surface area contributed by atoms with Gasteiger partial charge in [-0.05, 0) is 54.4 Å². The maximum atomic E-state index is 11.6. The van der Waals surface area contributed by atoms with E-state index < -0.39 is 10.7 Å². The van der Waals surface area contributed by atoms with E-state index in [1.54, 1.807) is 13.0 Å². The number of hydrogen-bond acceptors (Lipinski definition) is 6. The maximum Gasteiger partial charge on any atom is 0.315 e. The third-order valence-corrected chi connectivity index (χ3v) is 6.09. The molecule has 7 heteroatoms. The molecule has 0 saturated heterocycles. The highest BCUT2D eigenvalue weighted by molar-refractivity contribution is 6.09. The van der Waals surface area contributed by atoms with Crippen LogP contribution in [0.2, 0.25) is 0 Å². The van der Waals surface area contributed by atoms with Gasteiger partial charge in [0.05, 0.1) is 22.7 Å². The highest BCUT2D eigenvalue weighted by atomic mass is 16.6. The fourth-order valence-corrected chi connectivity index (χ4v) is 4.62. The first kappa shape index (κ1) is 20.2. The van der Waals surface area contributed by atoms with Gasteiger partial charge >= 0.3 is 5.69 Å². The van der Waals surface area contributed by atoms with Crippen LogP contribution < -0.4 is 4.74 Å². The van der Waals surface area contributed by atoms with Crippen LogP contribution in [0.15, 0.2) is 48.5 Å². The van der Waals surface area contributed by atoms with Crippen LogP contribution in [0.25, 0.3) is 32.9 Å². The molecule has 5 rings (SSSR count). The van der Waals surface area contributed by atoms with Crippen LogP contribution in [0.5, 0.6) is 11.5 Å². The number of aromatic hydroxyl groups is 1. The Balaban J connectivity index is 1.85. The van der Waals surface area contributed by atoms with Crippen molar-refractivity contribution in [2.75, 3.05) is 20.2 Å². The molecule has 1 aliphatic heterocycles. The summed E-state index contributed by atoms with van der Waals surface area (Å²) < 4.78 is 5.51. The summed E-state index contributed by atoms with van der Waals surface area (Å²) in [5, 5.41) is 25.4. The Morgan fingerprint density at radius 3 is 2.78 bits per heavy atom. The Kier molecular flexibility index (Phi) is 4.90. The van der Waals surface area contributed by atoms with Crippen LogP contribution in [0, 0.1) is 10.1 Å². The third-order valence-electron chi connectivity index (χ3n) is 6.09. The van der Waals surface area contributed by atoms with Crippen LogP contribution >= 0.6 is 0 Å². The Bertz CT molecular complexity index is 1380. The van der Waals surface area contributed by atoms with Gasteiger partial charge in [0.15, 0.2) is 5.75 Å². The second kappa shape index (κ2) is 7.76. The molecule has 1 N–H and O–H groups in total. The van der Waals surface area contributed by atoms with E-state index in [2.05, 4.69) is 30.1 Å². The molecule has 0 fully saturated rings. The number of nitro benzene ring substituents is 1. The van der Waals surface area contributed by atoms with Crippen LogP contribution in [-0.2, 0) is 13.0 Å². The van der Waals surface area contributed by atoms with Crippen molar-refractivity contribution in [3.05, 3.63) is 69.8 Å². The van der Waals surface area contributed by atoms with Crippen molar-refractivity contribution in [1.82, 2.24) is 9.88 Å². The Morgan fingerprint density at radius 2 is 2.00 bits per heavy atom. The number of aromatic nitrogens is 1. The van der Waals surface area contributed by atoms with Crippen LogP contribution in [0.4, 0.5) is 5.69 Å². The maximum absolute atomic E-state index is 11.6. The zero-order valence-corrected chi connectivity index (χ0v) is 18.0. The minimum atomic E-state index is -0.589. The largest absolute Gasteiger partial charge is 0.500 e. The molecule has 7 nitrogen and oxygen atoms in total. The lowest BCUT2D eigenvalue weighted by Gasteiger charge is -2.28. The lowest BCUT2D eigenvalue weighted by atomic mass is 9.89. The number of likely N-dealkylation sites (N-methyl/N-ethyl adjacent to an activating group) is 1. The van der Waals surface area contributed by atoms with Gasteiger partial charge in [0, 0.05) is 30.1 Å². The first-order valence-corrected chi connectivity index (χ1v) is 10.6. The minimum absolute atomic E-state index is 0.0926. The summed E-state index contributed by atoms with van der Waals surface area (Å²) >= 11 is 0. The summed E-state index contributed by atoms with van der Waals surface area (Å²) in [6, 6.07) is 15.4. The monoisotopic (exact) mass is 429 g/mol. The average molecular weight is 429 g/mol. The summed E-state index contributed by atoms with van der Waals surface area (Å²) in [4.78, 5) is 18.2. The molecule has 2 heterocycles. The fraction of sp³-hybridized carbons (Fsp3) is 0.240. The van der Waals surface area contributed by atoms with Crippen molar-refractivity contribution in [1.29, 1.82) is 0 Å². The van der Waals surface area contributed by atoms with Gasteiger partial charge < -0.3 is 14.7 Å². The Hall–Kier alpha value is -3.71. The molecule has 0 saturated carbocycles. The van der Waals surface area contributed by atoms with Gasteiger partial charge in [-0.3, -0.25) is 10.1 Å². The molecule has 4 aromatic rings. The first-order chi connectivity index (χ1) is 15.5. The normalized spacial score (nSPS) is 13.9. The predicted octanol–water partition coefficient (Wildman–Crippen LogP) is 5.06. The van der Waals surface area contributed by atoms with Crippen molar-refractivity contribution < 1.29 is 14.8 Å². The fourth-order valence-electron chi connectivity index (χ4n) is 4.62. The van der Waals surface area contributed by atoms with Gasteiger partial charge in [-0.25, -0.2) is 4.98 Å². The SMILES string of the molecule is CCOc1cc(-c2nc3ccc4ccccc4c3c3c2CN(C)CC3)cc([N+](=O)[O-])c1O. The molecule has 0 radical (unpaired) electrons. The predicted molar refractivity (Wildman–Crippen MR) is 124 cm³/mol. The second-order valence-corrected chi connectivity index (χ2v) is 8.12. The summed E-state index contributed by atoms with van der Waals surface area (Å²) in [7, 11) is 2.06. The van der Waals surface area contributed by atoms with Gasteiger partial charge in [-0.2, -0.15) is 0 Å². The Labute approximate surface area is 185 Å². The average Bonchev–Trinajstić information content (AvgIpc) is 2.79. The number of rotatable bonds is 4. The number of fused-ring (bicyclic) bond motifs is 5. The van der Waals surface area contributed by atoms with E-state index in [-0.39, 0.29) is 18.0 Å².